The Kier molecular flexibility index (Phi) is 5.00. The van der Waals surface area contributed by atoms with Crippen molar-refractivity contribution in [3.8, 4) is 0 Å². The fraction of sp³-hybridized carbons (Fsp3) is 0.571. The van der Waals surface area contributed by atoms with E-state index in [1.807, 2.05) is 24.3 Å². The van der Waals surface area contributed by atoms with E-state index in [9.17, 15) is 18.6 Å². The summed E-state index contributed by atoms with van der Waals surface area (Å²) in [7, 11) is -3.76. The van der Waals surface area contributed by atoms with Gasteiger partial charge in [0.15, 0.2) is 0 Å². The number of nitrogens with zero attached hydrogens (tertiary/aromatic N) is 1. The number of fused-ring (bicyclic) bond motifs is 1. The van der Waals surface area contributed by atoms with Crippen molar-refractivity contribution in [1.82, 2.24) is 9.03 Å². The number of rotatable bonds is 6. The summed E-state index contributed by atoms with van der Waals surface area (Å²) < 4.78 is 28.8. The van der Waals surface area contributed by atoms with Crippen molar-refractivity contribution in [3.63, 3.8) is 0 Å². The Balaban J connectivity index is 2.18. The Morgan fingerprint density at radius 1 is 1.24 bits per heavy atom. The summed E-state index contributed by atoms with van der Waals surface area (Å²) in [5.41, 5.74) is 0.940. The van der Waals surface area contributed by atoms with Gasteiger partial charge in [-0.1, -0.05) is 31.2 Å². The minimum absolute atomic E-state index is 0.308. The molecule has 0 unspecified atom stereocenters. The summed E-state index contributed by atoms with van der Waals surface area (Å²) >= 11 is 0. The molecule has 2 rings (SSSR count). The molecular weight excluding hydrogens is 292 g/mol. The molecule has 118 valence electrons. The molecule has 1 aromatic carbocycles. The van der Waals surface area contributed by atoms with Gasteiger partial charge in [-0.2, -0.15) is 17.4 Å². The van der Waals surface area contributed by atoms with Crippen LogP contribution in [0.2, 0.25) is 0 Å². The molecule has 6 nitrogen and oxygen atoms in total. The van der Waals surface area contributed by atoms with Crippen LogP contribution in [0.25, 0.3) is 0 Å². The molecule has 0 fully saturated rings. The van der Waals surface area contributed by atoms with E-state index < -0.39 is 29.0 Å². The van der Waals surface area contributed by atoms with Crippen molar-refractivity contribution < 1.29 is 18.6 Å². The van der Waals surface area contributed by atoms with Crippen LogP contribution in [0.5, 0.6) is 0 Å². The molecule has 21 heavy (non-hydrogen) atoms. The summed E-state index contributed by atoms with van der Waals surface area (Å²) in [6.07, 6.45) is 0.970. The Hall–Kier alpha value is -0.990. The first-order valence-electron chi connectivity index (χ1n) is 7.04. The summed E-state index contributed by atoms with van der Waals surface area (Å²) in [6, 6.07) is 7.76. The Morgan fingerprint density at radius 3 is 2.43 bits per heavy atom. The fourth-order valence-electron chi connectivity index (χ4n) is 2.42. The molecule has 1 aliphatic rings. The first kappa shape index (κ1) is 16.4. The van der Waals surface area contributed by atoms with Gasteiger partial charge in [-0.3, -0.25) is 0 Å². The third-order valence-corrected chi connectivity index (χ3v) is 5.75. The van der Waals surface area contributed by atoms with Crippen molar-refractivity contribution in [3.05, 3.63) is 35.4 Å². The normalized spacial score (nSPS) is 16.7. The van der Waals surface area contributed by atoms with E-state index in [2.05, 4.69) is 4.72 Å². The summed E-state index contributed by atoms with van der Waals surface area (Å²) in [5.74, 6) is 0. The van der Waals surface area contributed by atoms with Crippen LogP contribution in [-0.4, -0.2) is 48.2 Å². The van der Waals surface area contributed by atoms with Gasteiger partial charge in [-0.25, -0.2) is 0 Å². The lowest BCUT2D eigenvalue weighted by atomic mass is 10.0. The van der Waals surface area contributed by atoms with Crippen LogP contribution in [0.3, 0.4) is 0 Å². The van der Waals surface area contributed by atoms with E-state index in [1.165, 1.54) is 4.31 Å². The van der Waals surface area contributed by atoms with E-state index >= 15 is 0 Å². The second-order valence-corrected chi connectivity index (χ2v) is 7.08. The largest absolute Gasteiger partial charge is 0.394 e. The maximum atomic E-state index is 12.5. The molecule has 0 bridgehead atoms. The maximum Gasteiger partial charge on any atom is 0.280 e. The predicted molar refractivity (Wildman–Crippen MR) is 79.8 cm³/mol. The van der Waals surface area contributed by atoms with Gasteiger partial charge in [0.05, 0.1) is 18.8 Å². The summed E-state index contributed by atoms with van der Waals surface area (Å²) in [5, 5.41) is 18.8. The molecule has 3 N–H and O–H groups in total. The number of benzene rings is 1. The SMILES string of the molecule is CCC(CO)(CO)NS(=O)(=O)N1CCc2ccccc2C1. The number of hydrogen-bond acceptors (Lipinski definition) is 4. The highest BCUT2D eigenvalue weighted by atomic mass is 32.2. The van der Waals surface area contributed by atoms with Crippen molar-refractivity contribution in [2.75, 3.05) is 19.8 Å². The molecule has 1 aromatic rings. The van der Waals surface area contributed by atoms with Crippen LogP contribution in [0.1, 0.15) is 24.5 Å². The molecule has 7 heteroatoms. The quantitative estimate of drug-likeness (QED) is 0.690. The minimum atomic E-state index is -3.76. The van der Waals surface area contributed by atoms with E-state index in [0.717, 1.165) is 11.1 Å². The van der Waals surface area contributed by atoms with Gasteiger partial charge in [0.2, 0.25) is 0 Å². The lowest BCUT2D eigenvalue weighted by Crippen LogP contribution is -2.58. The van der Waals surface area contributed by atoms with Crippen LogP contribution in [0, 0.1) is 0 Å². The zero-order valence-corrected chi connectivity index (χ0v) is 12.9. The van der Waals surface area contributed by atoms with Crippen LogP contribution < -0.4 is 4.72 Å². The second kappa shape index (κ2) is 6.41. The van der Waals surface area contributed by atoms with Gasteiger partial charge in [0.1, 0.15) is 0 Å². The van der Waals surface area contributed by atoms with E-state index in [0.29, 0.717) is 25.9 Å². The smallest absolute Gasteiger partial charge is 0.280 e. The fourth-order valence-corrected chi connectivity index (χ4v) is 4.01. The third kappa shape index (κ3) is 3.44. The van der Waals surface area contributed by atoms with E-state index in [4.69, 9.17) is 0 Å². The first-order valence-corrected chi connectivity index (χ1v) is 8.48. The van der Waals surface area contributed by atoms with Gasteiger partial charge in [-0.05, 0) is 24.0 Å². The van der Waals surface area contributed by atoms with Crippen molar-refractivity contribution in [2.45, 2.75) is 31.8 Å². The molecule has 0 radical (unpaired) electrons. The summed E-state index contributed by atoms with van der Waals surface area (Å²) in [6.45, 7) is 1.54. The van der Waals surface area contributed by atoms with Gasteiger partial charge in [0.25, 0.3) is 10.2 Å². The minimum Gasteiger partial charge on any atom is -0.394 e. The highest BCUT2D eigenvalue weighted by Crippen LogP contribution is 2.21. The van der Waals surface area contributed by atoms with Crippen molar-refractivity contribution in [1.29, 1.82) is 0 Å². The van der Waals surface area contributed by atoms with Gasteiger partial charge < -0.3 is 10.2 Å². The Bertz CT molecular complexity index is 576. The molecule has 0 saturated carbocycles. The molecular formula is C14H22N2O4S. The van der Waals surface area contributed by atoms with Crippen LogP contribution in [0.4, 0.5) is 0 Å². The highest BCUT2D eigenvalue weighted by molar-refractivity contribution is 7.87. The molecule has 1 aliphatic heterocycles. The van der Waals surface area contributed by atoms with Crippen LogP contribution >= 0.6 is 0 Å². The molecule has 0 spiro atoms. The van der Waals surface area contributed by atoms with Crippen LogP contribution in [-0.2, 0) is 23.2 Å². The monoisotopic (exact) mass is 314 g/mol. The van der Waals surface area contributed by atoms with E-state index in [-0.39, 0.29) is 0 Å². The lowest BCUT2D eigenvalue weighted by molar-refractivity contribution is 0.103. The molecule has 0 aromatic heterocycles. The first-order chi connectivity index (χ1) is 9.96. The highest BCUT2D eigenvalue weighted by Gasteiger charge is 2.36. The van der Waals surface area contributed by atoms with Gasteiger partial charge in [-0.15, -0.1) is 0 Å². The number of hydrogen-bond donors (Lipinski definition) is 3. The molecule has 1 heterocycles. The average Bonchev–Trinajstić information content (AvgIpc) is 2.52. The molecule has 0 amide bonds. The molecule has 0 aliphatic carbocycles. The molecule has 0 atom stereocenters. The number of nitrogens with one attached hydrogen (secondary N) is 1. The number of aliphatic hydroxyl groups excluding tert-OH is 2. The second-order valence-electron chi connectivity index (χ2n) is 5.41. The Morgan fingerprint density at radius 2 is 1.86 bits per heavy atom. The standard InChI is InChI=1S/C14H22N2O4S/c1-2-14(10-17,11-18)15-21(19,20)16-8-7-12-5-3-4-6-13(12)9-16/h3-6,15,17-18H,2,7-11H2,1H3. The topological polar surface area (TPSA) is 89.9 Å². The molecule has 0 saturated heterocycles. The van der Waals surface area contributed by atoms with Crippen molar-refractivity contribution in [2.24, 2.45) is 0 Å². The summed E-state index contributed by atoms with van der Waals surface area (Å²) in [4.78, 5) is 0. The lowest BCUT2D eigenvalue weighted by Gasteiger charge is -2.34. The number of aliphatic hydroxyl groups is 2. The zero-order chi connectivity index (χ0) is 15.5. The van der Waals surface area contributed by atoms with Gasteiger partial charge in [0, 0.05) is 13.1 Å². The average molecular weight is 314 g/mol. The van der Waals surface area contributed by atoms with Crippen LogP contribution in [0.15, 0.2) is 24.3 Å². The predicted octanol–water partition coefficient (Wildman–Crippen LogP) is 0.0125. The third-order valence-electron chi connectivity index (χ3n) is 4.06. The van der Waals surface area contributed by atoms with Gasteiger partial charge >= 0.3 is 0 Å². The maximum absolute atomic E-state index is 12.5. The Labute approximate surface area is 125 Å². The van der Waals surface area contributed by atoms with Crippen molar-refractivity contribution >= 4 is 10.2 Å². The zero-order valence-electron chi connectivity index (χ0n) is 12.1. The van der Waals surface area contributed by atoms with E-state index in [1.54, 1.807) is 6.92 Å².